The maximum Gasteiger partial charge on any atom is 0.253 e. The van der Waals surface area contributed by atoms with Crippen molar-refractivity contribution in [3.05, 3.63) is 29.8 Å². The smallest absolute Gasteiger partial charge is 0.253 e. The number of carbonyl (C=O) groups is 1. The predicted molar refractivity (Wildman–Crippen MR) is 78.0 cm³/mol. The number of amides is 1. The van der Waals surface area contributed by atoms with Gasteiger partial charge >= 0.3 is 0 Å². The molecule has 0 atom stereocenters. The molecule has 0 aromatic heterocycles. The molecule has 1 amide bonds. The zero-order valence-corrected chi connectivity index (χ0v) is 12.1. The monoisotopic (exact) mass is 278 g/mol. The molecule has 2 rings (SSSR count). The maximum atomic E-state index is 12.3. The Morgan fingerprint density at radius 2 is 1.95 bits per heavy atom. The van der Waals surface area contributed by atoms with E-state index in [0.29, 0.717) is 38.2 Å². The van der Waals surface area contributed by atoms with E-state index < -0.39 is 5.60 Å². The van der Waals surface area contributed by atoms with Gasteiger partial charge in [-0.25, -0.2) is 0 Å². The fourth-order valence-electron chi connectivity index (χ4n) is 2.42. The summed E-state index contributed by atoms with van der Waals surface area (Å²) in [5.41, 5.74) is 0.766. The van der Waals surface area contributed by atoms with E-state index in [1.165, 1.54) is 0 Å². The minimum atomic E-state index is -0.826. The molecule has 5 heteroatoms. The summed E-state index contributed by atoms with van der Waals surface area (Å²) in [6, 6.07) is 7.31. The number of ether oxygens (including phenoxy) is 1. The van der Waals surface area contributed by atoms with Crippen molar-refractivity contribution in [2.75, 3.05) is 39.2 Å². The summed E-state index contributed by atoms with van der Waals surface area (Å²) in [6.45, 7) is 1.44. The molecule has 1 fully saturated rings. The highest BCUT2D eigenvalue weighted by molar-refractivity contribution is 5.94. The maximum absolute atomic E-state index is 12.3. The second kappa shape index (κ2) is 6.24. The van der Waals surface area contributed by atoms with Gasteiger partial charge in [-0.05, 0) is 24.3 Å². The van der Waals surface area contributed by atoms with Crippen molar-refractivity contribution < 1.29 is 14.6 Å². The SMILES string of the molecule is CNc1ccc(C(=O)N(C)CC2(O)CCOCC2)cc1. The van der Waals surface area contributed by atoms with E-state index in [1.54, 1.807) is 24.1 Å². The quantitative estimate of drug-likeness (QED) is 0.872. The Balaban J connectivity index is 2.00. The van der Waals surface area contributed by atoms with Gasteiger partial charge in [-0.2, -0.15) is 0 Å². The average Bonchev–Trinajstić information content (AvgIpc) is 2.47. The Bertz CT molecular complexity index is 453. The number of benzene rings is 1. The van der Waals surface area contributed by atoms with Gasteiger partial charge in [0.25, 0.3) is 5.91 Å². The molecule has 0 saturated carbocycles. The lowest BCUT2D eigenvalue weighted by Gasteiger charge is -2.35. The number of hydrogen-bond acceptors (Lipinski definition) is 4. The van der Waals surface area contributed by atoms with Crippen LogP contribution in [0.25, 0.3) is 0 Å². The summed E-state index contributed by atoms with van der Waals surface area (Å²) in [7, 11) is 3.56. The average molecular weight is 278 g/mol. The first-order chi connectivity index (χ1) is 9.54. The van der Waals surface area contributed by atoms with Crippen molar-refractivity contribution in [3.8, 4) is 0 Å². The van der Waals surface area contributed by atoms with Crippen LogP contribution < -0.4 is 5.32 Å². The zero-order chi connectivity index (χ0) is 14.6. The van der Waals surface area contributed by atoms with E-state index >= 15 is 0 Å². The van der Waals surface area contributed by atoms with Crippen LogP contribution in [0.1, 0.15) is 23.2 Å². The van der Waals surface area contributed by atoms with E-state index in [2.05, 4.69) is 5.32 Å². The molecule has 1 aliphatic rings. The van der Waals surface area contributed by atoms with Crippen molar-refractivity contribution in [1.29, 1.82) is 0 Å². The van der Waals surface area contributed by atoms with Crippen molar-refractivity contribution in [2.24, 2.45) is 0 Å². The number of likely N-dealkylation sites (N-methyl/N-ethyl adjacent to an activating group) is 1. The van der Waals surface area contributed by atoms with E-state index in [1.807, 2.05) is 19.2 Å². The number of aliphatic hydroxyl groups is 1. The predicted octanol–water partition coefficient (Wildman–Crippen LogP) is 1.34. The van der Waals surface area contributed by atoms with E-state index in [9.17, 15) is 9.90 Å². The van der Waals surface area contributed by atoms with Gasteiger partial charge in [-0.3, -0.25) is 4.79 Å². The first-order valence-electron chi connectivity index (χ1n) is 6.87. The molecule has 1 aromatic carbocycles. The Labute approximate surface area is 119 Å². The number of carbonyl (C=O) groups excluding carboxylic acids is 1. The molecule has 0 aliphatic carbocycles. The molecule has 110 valence electrons. The van der Waals surface area contributed by atoms with Gasteiger partial charge in [0.05, 0.1) is 5.60 Å². The summed E-state index contributed by atoms with van der Waals surface area (Å²) in [5, 5.41) is 13.5. The summed E-state index contributed by atoms with van der Waals surface area (Å²) in [4.78, 5) is 13.9. The number of nitrogens with zero attached hydrogens (tertiary/aromatic N) is 1. The van der Waals surface area contributed by atoms with Crippen LogP contribution in [0.3, 0.4) is 0 Å². The zero-order valence-electron chi connectivity index (χ0n) is 12.1. The van der Waals surface area contributed by atoms with Crippen LogP contribution in [-0.2, 0) is 4.74 Å². The van der Waals surface area contributed by atoms with Crippen LogP contribution in [-0.4, -0.2) is 55.4 Å². The van der Waals surface area contributed by atoms with Crippen LogP contribution >= 0.6 is 0 Å². The fourth-order valence-corrected chi connectivity index (χ4v) is 2.42. The summed E-state index contributed by atoms with van der Waals surface area (Å²) in [6.07, 6.45) is 1.15. The highest BCUT2D eigenvalue weighted by Gasteiger charge is 2.32. The molecule has 1 saturated heterocycles. The molecule has 0 bridgehead atoms. The van der Waals surface area contributed by atoms with Crippen molar-refractivity contribution in [1.82, 2.24) is 4.90 Å². The lowest BCUT2D eigenvalue weighted by Crippen LogP contribution is -2.47. The first-order valence-corrected chi connectivity index (χ1v) is 6.87. The molecule has 20 heavy (non-hydrogen) atoms. The van der Waals surface area contributed by atoms with E-state index in [4.69, 9.17) is 4.74 Å². The topological polar surface area (TPSA) is 61.8 Å². The highest BCUT2D eigenvalue weighted by atomic mass is 16.5. The molecule has 1 aromatic rings. The Kier molecular flexibility index (Phi) is 4.62. The van der Waals surface area contributed by atoms with Crippen LogP contribution in [0.5, 0.6) is 0 Å². The molecular formula is C15H22N2O3. The van der Waals surface area contributed by atoms with Gasteiger partial charge < -0.3 is 20.1 Å². The van der Waals surface area contributed by atoms with Crippen LogP contribution in [0.15, 0.2) is 24.3 Å². The van der Waals surface area contributed by atoms with Crippen molar-refractivity contribution in [2.45, 2.75) is 18.4 Å². The van der Waals surface area contributed by atoms with E-state index in [0.717, 1.165) is 5.69 Å². The van der Waals surface area contributed by atoms with Gasteiger partial charge in [-0.1, -0.05) is 0 Å². The van der Waals surface area contributed by atoms with Gasteiger partial charge in [0.1, 0.15) is 0 Å². The Hall–Kier alpha value is -1.59. The van der Waals surface area contributed by atoms with Crippen molar-refractivity contribution >= 4 is 11.6 Å². The number of hydrogen-bond donors (Lipinski definition) is 2. The summed E-state index contributed by atoms with van der Waals surface area (Å²) in [5.74, 6) is -0.0763. The fraction of sp³-hybridized carbons (Fsp3) is 0.533. The molecule has 1 heterocycles. The first kappa shape index (κ1) is 14.8. The molecule has 0 spiro atoms. The van der Waals surface area contributed by atoms with Crippen molar-refractivity contribution in [3.63, 3.8) is 0 Å². The second-order valence-corrected chi connectivity index (χ2v) is 5.33. The molecule has 0 unspecified atom stereocenters. The van der Waals surface area contributed by atoms with E-state index in [-0.39, 0.29) is 5.91 Å². The molecule has 1 aliphatic heterocycles. The lowest BCUT2D eigenvalue weighted by molar-refractivity contribution is -0.0734. The molecule has 0 radical (unpaired) electrons. The van der Waals surface area contributed by atoms with Gasteiger partial charge in [0.15, 0.2) is 0 Å². The summed E-state index contributed by atoms with van der Waals surface area (Å²) >= 11 is 0. The van der Waals surface area contributed by atoms with Crippen LogP contribution in [0, 0.1) is 0 Å². The second-order valence-electron chi connectivity index (χ2n) is 5.33. The third-order valence-electron chi connectivity index (χ3n) is 3.72. The van der Waals surface area contributed by atoms with Gasteiger partial charge in [-0.15, -0.1) is 0 Å². The number of anilines is 1. The minimum absolute atomic E-state index is 0.0763. The normalized spacial score (nSPS) is 17.6. The lowest BCUT2D eigenvalue weighted by atomic mass is 9.93. The highest BCUT2D eigenvalue weighted by Crippen LogP contribution is 2.22. The largest absolute Gasteiger partial charge is 0.388 e. The third-order valence-corrected chi connectivity index (χ3v) is 3.72. The summed E-state index contributed by atoms with van der Waals surface area (Å²) < 4.78 is 5.25. The van der Waals surface area contributed by atoms with Gasteiger partial charge in [0, 0.05) is 57.9 Å². The Morgan fingerprint density at radius 3 is 2.50 bits per heavy atom. The Morgan fingerprint density at radius 1 is 1.35 bits per heavy atom. The third kappa shape index (κ3) is 3.49. The van der Waals surface area contributed by atoms with Crippen LogP contribution in [0.2, 0.25) is 0 Å². The standard InChI is InChI=1S/C15H22N2O3/c1-16-13-5-3-12(4-6-13)14(18)17(2)11-15(19)7-9-20-10-8-15/h3-6,16,19H,7-11H2,1-2H3. The molecular weight excluding hydrogens is 256 g/mol. The van der Waals surface area contributed by atoms with Crippen LogP contribution in [0.4, 0.5) is 5.69 Å². The molecule has 2 N–H and O–H groups in total. The van der Waals surface area contributed by atoms with Gasteiger partial charge in [0.2, 0.25) is 0 Å². The molecule has 5 nitrogen and oxygen atoms in total. The number of nitrogens with one attached hydrogen (secondary N) is 1. The minimum Gasteiger partial charge on any atom is -0.388 e. The number of rotatable bonds is 4.